The standard InChI is InChI=1S/C8H16N2O/c1-11-8(3-5-9-6-8)7-2-4-10-7/h7,9-10H,2-6H2,1H3/t7-,8+/m1/s1. The van der Waals surface area contributed by atoms with Gasteiger partial charge in [0.25, 0.3) is 0 Å². The van der Waals surface area contributed by atoms with E-state index in [0.29, 0.717) is 6.04 Å². The molecule has 64 valence electrons. The highest BCUT2D eigenvalue weighted by Gasteiger charge is 2.44. The Kier molecular flexibility index (Phi) is 1.87. The molecule has 0 bridgehead atoms. The summed E-state index contributed by atoms with van der Waals surface area (Å²) in [4.78, 5) is 0. The molecule has 0 unspecified atom stereocenters. The second-order valence-electron chi connectivity index (χ2n) is 3.49. The Balaban J connectivity index is 2.02. The molecule has 2 heterocycles. The minimum Gasteiger partial charge on any atom is -0.375 e. The van der Waals surface area contributed by atoms with E-state index in [1.165, 1.54) is 6.42 Å². The third kappa shape index (κ3) is 1.08. The van der Waals surface area contributed by atoms with E-state index in [-0.39, 0.29) is 5.60 Å². The number of methoxy groups -OCH3 is 1. The van der Waals surface area contributed by atoms with Crippen molar-refractivity contribution in [3.05, 3.63) is 0 Å². The van der Waals surface area contributed by atoms with Crippen molar-refractivity contribution in [2.24, 2.45) is 0 Å². The van der Waals surface area contributed by atoms with Gasteiger partial charge in [0.1, 0.15) is 0 Å². The van der Waals surface area contributed by atoms with Gasteiger partial charge >= 0.3 is 0 Å². The first-order valence-electron chi connectivity index (χ1n) is 4.37. The minimum atomic E-state index is 0.109. The average Bonchev–Trinajstić information content (AvgIpc) is 2.34. The number of rotatable bonds is 2. The van der Waals surface area contributed by atoms with Crippen LogP contribution in [0.25, 0.3) is 0 Å². The second-order valence-corrected chi connectivity index (χ2v) is 3.49. The van der Waals surface area contributed by atoms with E-state index in [2.05, 4.69) is 10.6 Å². The molecule has 2 N–H and O–H groups in total. The predicted octanol–water partition coefficient (Wildman–Crippen LogP) is -0.273. The summed E-state index contributed by atoms with van der Waals surface area (Å²) >= 11 is 0. The van der Waals surface area contributed by atoms with E-state index in [1.54, 1.807) is 0 Å². The van der Waals surface area contributed by atoms with Gasteiger partial charge in [0.05, 0.1) is 5.60 Å². The summed E-state index contributed by atoms with van der Waals surface area (Å²) in [5.74, 6) is 0. The van der Waals surface area contributed by atoms with Gasteiger partial charge in [-0.15, -0.1) is 0 Å². The van der Waals surface area contributed by atoms with Crippen molar-refractivity contribution in [2.45, 2.75) is 24.5 Å². The lowest BCUT2D eigenvalue weighted by atomic mass is 9.86. The highest BCUT2D eigenvalue weighted by atomic mass is 16.5. The summed E-state index contributed by atoms with van der Waals surface area (Å²) in [5, 5.41) is 6.76. The second kappa shape index (κ2) is 2.73. The molecule has 11 heavy (non-hydrogen) atoms. The maximum absolute atomic E-state index is 5.58. The van der Waals surface area contributed by atoms with Crippen molar-refractivity contribution in [3.8, 4) is 0 Å². The molecular formula is C8H16N2O. The van der Waals surface area contributed by atoms with Gasteiger partial charge in [-0.25, -0.2) is 0 Å². The molecule has 0 aromatic carbocycles. The number of hydrogen-bond acceptors (Lipinski definition) is 3. The fourth-order valence-electron chi connectivity index (χ4n) is 2.04. The molecule has 0 saturated carbocycles. The summed E-state index contributed by atoms with van der Waals surface area (Å²) in [5.41, 5.74) is 0.109. The molecule has 0 aromatic rings. The molecule has 0 radical (unpaired) electrons. The van der Waals surface area contributed by atoms with Crippen LogP contribution < -0.4 is 10.6 Å². The van der Waals surface area contributed by atoms with Gasteiger partial charge in [0.15, 0.2) is 0 Å². The van der Waals surface area contributed by atoms with E-state index < -0.39 is 0 Å². The van der Waals surface area contributed by atoms with Crippen LogP contribution >= 0.6 is 0 Å². The van der Waals surface area contributed by atoms with Crippen LogP contribution in [0.15, 0.2) is 0 Å². The van der Waals surface area contributed by atoms with Crippen molar-refractivity contribution in [1.29, 1.82) is 0 Å². The zero-order valence-corrected chi connectivity index (χ0v) is 7.02. The van der Waals surface area contributed by atoms with Crippen LogP contribution in [0, 0.1) is 0 Å². The third-order valence-corrected chi connectivity index (χ3v) is 3.01. The van der Waals surface area contributed by atoms with E-state index in [1.807, 2.05) is 7.11 Å². The Bertz CT molecular complexity index is 139. The lowest BCUT2D eigenvalue weighted by Crippen LogP contribution is -2.60. The Morgan fingerprint density at radius 1 is 1.45 bits per heavy atom. The van der Waals surface area contributed by atoms with Gasteiger partial charge in [-0.1, -0.05) is 0 Å². The van der Waals surface area contributed by atoms with E-state index in [0.717, 1.165) is 26.1 Å². The highest BCUT2D eigenvalue weighted by molar-refractivity contribution is 5.03. The van der Waals surface area contributed by atoms with Crippen LogP contribution in [0.1, 0.15) is 12.8 Å². The van der Waals surface area contributed by atoms with Crippen LogP contribution in [0.4, 0.5) is 0 Å². The van der Waals surface area contributed by atoms with Gasteiger partial charge in [-0.3, -0.25) is 0 Å². The Labute approximate surface area is 67.5 Å². The smallest absolute Gasteiger partial charge is 0.0966 e. The van der Waals surface area contributed by atoms with E-state index in [4.69, 9.17) is 4.74 Å². The normalized spacial score (nSPS) is 43.9. The monoisotopic (exact) mass is 156 g/mol. The quantitative estimate of drug-likeness (QED) is 0.577. The molecule has 3 heteroatoms. The molecule has 0 spiro atoms. The fraction of sp³-hybridized carbons (Fsp3) is 1.00. The molecule has 2 fully saturated rings. The van der Waals surface area contributed by atoms with E-state index in [9.17, 15) is 0 Å². The molecule has 2 aliphatic rings. The summed E-state index contributed by atoms with van der Waals surface area (Å²) in [7, 11) is 1.83. The first kappa shape index (κ1) is 7.53. The Hall–Kier alpha value is -0.120. The van der Waals surface area contributed by atoms with Gasteiger partial charge in [-0.2, -0.15) is 0 Å². The molecule has 2 saturated heterocycles. The van der Waals surface area contributed by atoms with Gasteiger partial charge < -0.3 is 15.4 Å². The van der Waals surface area contributed by atoms with Crippen molar-refractivity contribution in [2.75, 3.05) is 26.7 Å². The van der Waals surface area contributed by atoms with Crippen molar-refractivity contribution in [3.63, 3.8) is 0 Å². The van der Waals surface area contributed by atoms with E-state index >= 15 is 0 Å². The number of hydrogen-bond donors (Lipinski definition) is 2. The van der Waals surface area contributed by atoms with Gasteiger partial charge in [-0.05, 0) is 25.9 Å². The van der Waals surface area contributed by atoms with Gasteiger partial charge in [0, 0.05) is 19.7 Å². The minimum absolute atomic E-state index is 0.109. The van der Waals surface area contributed by atoms with Crippen LogP contribution in [-0.4, -0.2) is 38.4 Å². The first-order valence-corrected chi connectivity index (χ1v) is 4.37. The molecule has 2 aliphatic heterocycles. The molecular weight excluding hydrogens is 140 g/mol. The molecule has 0 aliphatic carbocycles. The van der Waals surface area contributed by atoms with Crippen LogP contribution in [0.2, 0.25) is 0 Å². The molecule has 2 rings (SSSR count). The van der Waals surface area contributed by atoms with Gasteiger partial charge in [0.2, 0.25) is 0 Å². The summed E-state index contributed by atoms with van der Waals surface area (Å²) in [6.07, 6.45) is 2.43. The number of nitrogens with one attached hydrogen (secondary N) is 2. The van der Waals surface area contributed by atoms with Crippen molar-refractivity contribution in [1.82, 2.24) is 10.6 Å². The topological polar surface area (TPSA) is 33.3 Å². The van der Waals surface area contributed by atoms with Crippen molar-refractivity contribution >= 4 is 0 Å². The Morgan fingerprint density at radius 2 is 2.27 bits per heavy atom. The summed E-state index contributed by atoms with van der Waals surface area (Å²) in [6, 6.07) is 0.600. The fourth-order valence-corrected chi connectivity index (χ4v) is 2.04. The third-order valence-electron chi connectivity index (χ3n) is 3.01. The summed E-state index contributed by atoms with van der Waals surface area (Å²) in [6.45, 7) is 3.28. The van der Waals surface area contributed by atoms with Crippen molar-refractivity contribution < 1.29 is 4.74 Å². The molecule has 3 nitrogen and oxygen atoms in total. The molecule has 0 aromatic heterocycles. The van der Waals surface area contributed by atoms with Crippen LogP contribution in [0.5, 0.6) is 0 Å². The zero-order chi connectivity index (χ0) is 7.73. The van der Waals surface area contributed by atoms with Crippen LogP contribution in [0.3, 0.4) is 0 Å². The molecule has 2 atom stereocenters. The average molecular weight is 156 g/mol. The maximum Gasteiger partial charge on any atom is 0.0966 e. The lowest BCUT2D eigenvalue weighted by Gasteiger charge is -2.42. The summed E-state index contributed by atoms with van der Waals surface area (Å²) < 4.78 is 5.58. The SMILES string of the molecule is CO[C@@]1([C@H]2CCN2)CCNC1. The highest BCUT2D eigenvalue weighted by Crippen LogP contribution is 2.28. The maximum atomic E-state index is 5.58. The lowest BCUT2D eigenvalue weighted by molar-refractivity contribution is -0.0428. The molecule has 0 amide bonds. The Morgan fingerprint density at radius 3 is 2.64 bits per heavy atom. The largest absolute Gasteiger partial charge is 0.375 e. The number of ether oxygens (including phenoxy) is 1. The predicted molar refractivity (Wildman–Crippen MR) is 43.6 cm³/mol. The zero-order valence-electron chi connectivity index (χ0n) is 7.02. The first-order chi connectivity index (χ1) is 5.37. The van der Waals surface area contributed by atoms with Crippen LogP contribution in [-0.2, 0) is 4.74 Å².